The van der Waals surface area contributed by atoms with E-state index in [1.165, 1.54) is 0 Å². The number of nitrogens with zero attached hydrogens (tertiary/aromatic N) is 1. The Labute approximate surface area is 198 Å². The lowest BCUT2D eigenvalue weighted by atomic mass is 9.82. The predicted molar refractivity (Wildman–Crippen MR) is 126 cm³/mol. The first kappa shape index (κ1) is 24.7. The third-order valence-electron chi connectivity index (χ3n) is 5.64. The molecule has 1 aromatic carbocycles. The first-order valence-corrected chi connectivity index (χ1v) is 12.6. The van der Waals surface area contributed by atoms with Crippen molar-refractivity contribution in [3.8, 4) is 5.75 Å². The third-order valence-corrected chi connectivity index (χ3v) is 6.52. The van der Waals surface area contributed by atoms with Crippen molar-refractivity contribution in [2.75, 3.05) is 25.1 Å². The van der Waals surface area contributed by atoms with E-state index in [9.17, 15) is 14.4 Å². The van der Waals surface area contributed by atoms with Crippen LogP contribution in [0.5, 0.6) is 5.75 Å². The number of nitrogens with one attached hydrogen (secondary N) is 1. The van der Waals surface area contributed by atoms with Gasteiger partial charge in [0.2, 0.25) is 5.91 Å². The zero-order chi connectivity index (χ0) is 23.5. The number of benzene rings is 1. The second-order valence-electron chi connectivity index (χ2n) is 9.33. The zero-order valence-electron chi connectivity index (χ0n) is 19.0. The van der Waals surface area contributed by atoms with Gasteiger partial charge in [-0.1, -0.05) is 11.6 Å². The van der Waals surface area contributed by atoms with Crippen molar-refractivity contribution in [3.05, 3.63) is 28.8 Å². The summed E-state index contributed by atoms with van der Waals surface area (Å²) in [5.74, 6) is 1.17. The second-order valence-corrected chi connectivity index (χ2v) is 10.8. The summed E-state index contributed by atoms with van der Waals surface area (Å²) in [4.78, 5) is 39.9. The van der Waals surface area contributed by atoms with E-state index in [0.717, 1.165) is 5.75 Å². The molecule has 0 bridgehead atoms. The Morgan fingerprint density at radius 1 is 1.31 bits per heavy atom. The molecule has 0 aromatic heterocycles. The van der Waals surface area contributed by atoms with Crippen LogP contribution in [0, 0.1) is 0 Å². The zero-order valence-corrected chi connectivity index (χ0v) is 20.6. The number of halogens is 1. The standard InChI is InChI=1S/C23H31ClN2O5S/c1-22(2,3)31-21(29)25-17(7-12-32-4)20(28)26-10-8-23(9-11-26)14-18(27)16-13-15(24)5-6-19(16)30-23/h5-6,13,17H,7-12,14H2,1-4H3,(H,25,29). The van der Waals surface area contributed by atoms with Gasteiger partial charge in [-0.05, 0) is 57.4 Å². The number of amides is 2. The minimum absolute atomic E-state index is 0.0120. The quantitative estimate of drug-likeness (QED) is 0.673. The highest BCUT2D eigenvalue weighted by Crippen LogP contribution is 2.40. The molecule has 1 N–H and O–H groups in total. The molecule has 1 fully saturated rings. The molecule has 2 aliphatic heterocycles. The summed E-state index contributed by atoms with van der Waals surface area (Å²) in [6.07, 6.45) is 3.25. The normalized spacial score (nSPS) is 18.5. The number of ether oxygens (including phenoxy) is 2. The van der Waals surface area contributed by atoms with Crippen molar-refractivity contribution in [3.63, 3.8) is 0 Å². The van der Waals surface area contributed by atoms with E-state index in [1.54, 1.807) is 55.6 Å². The number of carbonyl (C=O) groups excluding carboxylic acids is 3. The monoisotopic (exact) mass is 482 g/mol. The number of Topliss-reactive ketones (excluding diaryl/α,β-unsaturated/α-hetero) is 1. The Hall–Kier alpha value is -1.93. The number of piperidine rings is 1. The number of rotatable bonds is 5. The van der Waals surface area contributed by atoms with Gasteiger partial charge in [0.05, 0.1) is 12.0 Å². The highest BCUT2D eigenvalue weighted by Gasteiger charge is 2.44. The maximum Gasteiger partial charge on any atom is 0.408 e. The molecule has 0 saturated carbocycles. The molecular weight excluding hydrogens is 452 g/mol. The number of thioether (sulfide) groups is 1. The van der Waals surface area contributed by atoms with Crippen molar-refractivity contribution in [2.45, 2.75) is 63.7 Å². The number of likely N-dealkylation sites (tertiary alicyclic amines) is 1. The third kappa shape index (κ3) is 6.10. The molecule has 32 heavy (non-hydrogen) atoms. The summed E-state index contributed by atoms with van der Waals surface area (Å²) in [5, 5.41) is 3.24. The molecule has 1 unspecified atom stereocenters. The average Bonchev–Trinajstić information content (AvgIpc) is 2.70. The van der Waals surface area contributed by atoms with E-state index in [4.69, 9.17) is 21.1 Å². The fraction of sp³-hybridized carbons (Fsp3) is 0.609. The minimum atomic E-state index is -0.650. The Kier molecular flexibility index (Phi) is 7.65. The van der Waals surface area contributed by atoms with Crippen LogP contribution < -0.4 is 10.1 Å². The molecule has 1 spiro atoms. The second kappa shape index (κ2) is 9.91. The summed E-state index contributed by atoms with van der Waals surface area (Å²) in [7, 11) is 0. The van der Waals surface area contributed by atoms with Gasteiger partial charge in [-0.25, -0.2) is 4.79 Å². The van der Waals surface area contributed by atoms with E-state index in [0.29, 0.717) is 48.7 Å². The lowest BCUT2D eigenvalue weighted by Crippen LogP contribution is -2.56. The van der Waals surface area contributed by atoms with E-state index < -0.39 is 23.3 Å². The van der Waals surface area contributed by atoms with Crippen molar-refractivity contribution in [1.29, 1.82) is 0 Å². The first-order valence-electron chi connectivity index (χ1n) is 10.8. The fourth-order valence-corrected chi connectivity index (χ4v) is 4.69. The fourth-order valence-electron chi connectivity index (χ4n) is 4.04. The number of ketones is 1. The van der Waals surface area contributed by atoms with Gasteiger partial charge in [-0.15, -0.1) is 0 Å². The number of alkyl carbamates (subject to hydrolysis) is 1. The van der Waals surface area contributed by atoms with Crippen molar-refractivity contribution >= 4 is 41.1 Å². The highest BCUT2D eigenvalue weighted by atomic mass is 35.5. The van der Waals surface area contributed by atoms with Gasteiger partial charge in [0.25, 0.3) is 0 Å². The Morgan fingerprint density at radius 3 is 2.62 bits per heavy atom. The summed E-state index contributed by atoms with van der Waals surface area (Å²) in [5.41, 5.74) is -0.734. The van der Waals surface area contributed by atoms with Gasteiger partial charge in [-0.3, -0.25) is 9.59 Å². The lowest BCUT2D eigenvalue weighted by Gasteiger charge is -2.44. The van der Waals surface area contributed by atoms with Crippen LogP contribution in [-0.4, -0.2) is 65.0 Å². The average molecular weight is 483 g/mol. The summed E-state index contributed by atoms with van der Waals surface area (Å²) in [6, 6.07) is 4.44. The molecule has 7 nitrogen and oxygen atoms in total. The van der Waals surface area contributed by atoms with Crippen LogP contribution in [0.15, 0.2) is 18.2 Å². The Balaban J connectivity index is 1.64. The van der Waals surface area contributed by atoms with Gasteiger partial charge in [-0.2, -0.15) is 11.8 Å². The highest BCUT2D eigenvalue weighted by molar-refractivity contribution is 7.98. The molecule has 2 aliphatic rings. The summed E-state index contributed by atoms with van der Waals surface area (Å²) >= 11 is 7.63. The van der Waals surface area contributed by atoms with Crippen LogP contribution in [0.3, 0.4) is 0 Å². The molecule has 1 atom stereocenters. The molecular formula is C23H31ClN2O5S. The molecule has 2 heterocycles. The SMILES string of the molecule is CSCCC(NC(=O)OC(C)(C)C)C(=O)N1CCC2(CC1)CC(=O)c1cc(Cl)ccc1O2. The minimum Gasteiger partial charge on any atom is -0.486 e. The smallest absolute Gasteiger partial charge is 0.408 e. The van der Waals surface area contributed by atoms with Crippen LogP contribution in [-0.2, 0) is 9.53 Å². The molecule has 0 aliphatic carbocycles. The van der Waals surface area contributed by atoms with E-state index >= 15 is 0 Å². The summed E-state index contributed by atoms with van der Waals surface area (Å²) < 4.78 is 11.6. The van der Waals surface area contributed by atoms with Gasteiger partial charge < -0.3 is 19.7 Å². The first-order chi connectivity index (χ1) is 15.0. The van der Waals surface area contributed by atoms with E-state index in [2.05, 4.69) is 5.32 Å². The number of hydrogen-bond donors (Lipinski definition) is 1. The summed E-state index contributed by atoms with van der Waals surface area (Å²) in [6.45, 7) is 6.27. The van der Waals surface area contributed by atoms with Crippen molar-refractivity contribution < 1.29 is 23.9 Å². The van der Waals surface area contributed by atoms with Crippen molar-refractivity contribution in [2.24, 2.45) is 0 Å². The number of carbonyl (C=O) groups is 3. The molecule has 2 amide bonds. The molecule has 3 rings (SSSR count). The molecule has 1 aromatic rings. The lowest BCUT2D eigenvalue weighted by molar-refractivity contribution is -0.137. The maximum atomic E-state index is 13.2. The van der Waals surface area contributed by atoms with Crippen LogP contribution in [0.25, 0.3) is 0 Å². The molecule has 1 saturated heterocycles. The molecule has 176 valence electrons. The predicted octanol–water partition coefficient (Wildman–Crippen LogP) is 4.31. The van der Waals surface area contributed by atoms with Crippen LogP contribution in [0.4, 0.5) is 4.79 Å². The maximum absolute atomic E-state index is 13.2. The van der Waals surface area contributed by atoms with Gasteiger partial charge in [0.15, 0.2) is 5.78 Å². The van der Waals surface area contributed by atoms with Crippen LogP contribution in [0.2, 0.25) is 5.02 Å². The number of hydrogen-bond acceptors (Lipinski definition) is 6. The Morgan fingerprint density at radius 2 is 2.00 bits per heavy atom. The topological polar surface area (TPSA) is 84.9 Å². The number of fused-ring (bicyclic) bond motifs is 1. The molecule has 0 radical (unpaired) electrons. The van der Waals surface area contributed by atoms with E-state index in [1.807, 2.05) is 6.26 Å². The largest absolute Gasteiger partial charge is 0.486 e. The van der Waals surface area contributed by atoms with Crippen molar-refractivity contribution in [1.82, 2.24) is 10.2 Å². The van der Waals surface area contributed by atoms with Gasteiger partial charge >= 0.3 is 6.09 Å². The van der Waals surface area contributed by atoms with Gasteiger partial charge in [0.1, 0.15) is 23.0 Å². The van der Waals surface area contributed by atoms with Gasteiger partial charge in [0, 0.05) is 31.0 Å². The Bertz CT molecular complexity index is 878. The molecule has 9 heteroatoms. The van der Waals surface area contributed by atoms with Crippen LogP contribution >= 0.6 is 23.4 Å². The van der Waals surface area contributed by atoms with E-state index in [-0.39, 0.29) is 18.1 Å². The van der Waals surface area contributed by atoms with Crippen LogP contribution in [0.1, 0.15) is 56.8 Å².